The third kappa shape index (κ3) is 5.70. The molecule has 0 bridgehead atoms. The summed E-state index contributed by atoms with van der Waals surface area (Å²) < 4.78 is 55.3. The Labute approximate surface area is 198 Å². The summed E-state index contributed by atoms with van der Waals surface area (Å²) >= 11 is 0. The van der Waals surface area contributed by atoms with Crippen molar-refractivity contribution in [2.45, 2.75) is 49.4 Å². The van der Waals surface area contributed by atoms with Crippen LogP contribution in [0.25, 0.3) is 0 Å². The van der Waals surface area contributed by atoms with Crippen molar-refractivity contribution in [3.63, 3.8) is 0 Å². The first-order valence-corrected chi connectivity index (χ1v) is 12.9. The Morgan fingerprint density at radius 3 is 2.65 bits per heavy atom. The van der Waals surface area contributed by atoms with Crippen molar-refractivity contribution in [2.75, 3.05) is 25.0 Å². The minimum atomic E-state index is -3.35. The molecule has 8 nitrogen and oxygen atoms in total. The van der Waals surface area contributed by atoms with Gasteiger partial charge in [-0.1, -0.05) is 12.1 Å². The first-order valence-electron chi connectivity index (χ1n) is 11.4. The lowest BCUT2D eigenvalue weighted by Gasteiger charge is -2.35. The van der Waals surface area contributed by atoms with Crippen molar-refractivity contribution < 1.29 is 22.0 Å². The highest BCUT2D eigenvalue weighted by molar-refractivity contribution is 7.90. The van der Waals surface area contributed by atoms with Gasteiger partial charge in [-0.2, -0.15) is 4.31 Å². The first-order chi connectivity index (χ1) is 16.3. The van der Waals surface area contributed by atoms with Gasteiger partial charge in [-0.15, -0.1) is 0 Å². The Hall–Kier alpha value is -2.63. The number of halogens is 2. The molecule has 2 heterocycles. The quantitative estimate of drug-likeness (QED) is 0.463. The summed E-state index contributed by atoms with van der Waals surface area (Å²) in [6, 6.07) is 4.55. The van der Waals surface area contributed by atoms with Crippen LogP contribution in [0.2, 0.25) is 0 Å². The maximum Gasteiger partial charge on any atom is 0.240 e. The number of nitrogens with two attached hydrogens (primary N) is 1. The van der Waals surface area contributed by atoms with Crippen LogP contribution in [0.1, 0.15) is 30.4 Å². The van der Waals surface area contributed by atoms with E-state index in [9.17, 15) is 22.0 Å². The second-order valence-corrected chi connectivity index (χ2v) is 11.0. The number of carbonyl (C=O) groups is 1. The zero-order valence-corrected chi connectivity index (χ0v) is 19.5. The standard InChI is InChI=1S/C23H29F2N5O3S/c24-16-3-1-15(2-4-16)11-21(23(26)31)29-22-14-28-13-20(25)19(22)8-5-17-12-27-9-10-30(17)34(32,33)18-6-7-18/h1-4,13-14,17-18,21,27,29H,5-12H2,(H2,26,31)/t17-,21-/m0/s1. The number of piperazine rings is 1. The molecular weight excluding hydrogens is 464 g/mol. The lowest BCUT2D eigenvalue weighted by atomic mass is 10.0. The number of pyridine rings is 1. The fraction of sp³-hybridized carbons (Fsp3) is 0.478. The number of nitrogens with zero attached hydrogens (tertiary/aromatic N) is 2. The van der Waals surface area contributed by atoms with Crippen molar-refractivity contribution in [3.8, 4) is 0 Å². The maximum absolute atomic E-state index is 14.8. The van der Waals surface area contributed by atoms with E-state index < -0.39 is 27.8 Å². The second kappa shape index (κ2) is 10.3. The molecular formula is C23H29F2N5O3S. The highest BCUT2D eigenvalue weighted by Crippen LogP contribution is 2.33. The van der Waals surface area contributed by atoms with Crippen molar-refractivity contribution >= 4 is 21.6 Å². The van der Waals surface area contributed by atoms with Gasteiger partial charge in [-0.05, 0) is 43.4 Å². The van der Waals surface area contributed by atoms with Crippen LogP contribution >= 0.6 is 0 Å². The van der Waals surface area contributed by atoms with Crippen molar-refractivity contribution in [2.24, 2.45) is 5.73 Å². The number of amides is 1. The van der Waals surface area contributed by atoms with E-state index in [4.69, 9.17) is 5.73 Å². The van der Waals surface area contributed by atoms with Gasteiger partial charge >= 0.3 is 0 Å². The monoisotopic (exact) mass is 493 g/mol. The molecule has 0 unspecified atom stereocenters. The minimum absolute atomic E-state index is 0.186. The summed E-state index contributed by atoms with van der Waals surface area (Å²) in [5, 5.41) is 5.91. The first kappa shape index (κ1) is 24.5. The zero-order valence-electron chi connectivity index (χ0n) is 18.7. The van der Waals surface area contributed by atoms with Crippen molar-refractivity contribution in [1.82, 2.24) is 14.6 Å². The Kier molecular flexibility index (Phi) is 7.44. The van der Waals surface area contributed by atoms with E-state index in [0.29, 0.717) is 55.7 Å². The molecule has 4 N–H and O–H groups in total. The van der Waals surface area contributed by atoms with Gasteiger partial charge in [0.2, 0.25) is 15.9 Å². The lowest BCUT2D eigenvalue weighted by Crippen LogP contribution is -2.54. The number of primary amides is 1. The van der Waals surface area contributed by atoms with E-state index in [1.807, 2.05) is 0 Å². The van der Waals surface area contributed by atoms with Gasteiger partial charge in [0, 0.05) is 37.7 Å². The van der Waals surface area contributed by atoms with Crippen LogP contribution in [-0.4, -0.2) is 60.6 Å². The maximum atomic E-state index is 14.8. The molecule has 1 aromatic carbocycles. The molecule has 2 aromatic rings. The topological polar surface area (TPSA) is 117 Å². The molecule has 11 heteroatoms. The number of benzene rings is 1. The largest absolute Gasteiger partial charge is 0.372 e. The summed E-state index contributed by atoms with van der Waals surface area (Å²) in [5.74, 6) is -1.58. The van der Waals surface area contributed by atoms with Crippen LogP contribution in [0.15, 0.2) is 36.7 Å². The van der Waals surface area contributed by atoms with E-state index in [1.54, 1.807) is 16.4 Å². The Morgan fingerprint density at radius 1 is 1.24 bits per heavy atom. The zero-order chi connectivity index (χ0) is 24.3. The molecule has 1 amide bonds. The minimum Gasteiger partial charge on any atom is -0.372 e. The number of rotatable bonds is 10. The number of carbonyl (C=O) groups excluding carboxylic acids is 1. The van der Waals surface area contributed by atoms with Crippen LogP contribution < -0.4 is 16.4 Å². The molecule has 184 valence electrons. The summed E-state index contributed by atoms with van der Waals surface area (Å²) in [6.45, 7) is 1.48. The van der Waals surface area contributed by atoms with E-state index in [-0.39, 0.29) is 30.0 Å². The number of hydrogen-bond donors (Lipinski definition) is 3. The summed E-state index contributed by atoms with van der Waals surface area (Å²) in [7, 11) is -3.35. The van der Waals surface area contributed by atoms with Gasteiger partial charge in [0.15, 0.2) is 0 Å². The number of nitrogens with one attached hydrogen (secondary N) is 2. The smallest absolute Gasteiger partial charge is 0.240 e. The second-order valence-electron chi connectivity index (χ2n) is 8.83. The van der Waals surface area contributed by atoms with Crippen LogP contribution in [0.4, 0.5) is 14.5 Å². The summed E-state index contributed by atoms with van der Waals surface area (Å²) in [4.78, 5) is 16.0. The van der Waals surface area contributed by atoms with E-state index in [0.717, 1.165) is 6.20 Å². The molecule has 1 saturated carbocycles. The van der Waals surface area contributed by atoms with Gasteiger partial charge in [0.25, 0.3) is 0 Å². The van der Waals surface area contributed by atoms with Crippen LogP contribution in [0, 0.1) is 11.6 Å². The Balaban J connectivity index is 1.49. The molecule has 2 fully saturated rings. The van der Waals surface area contributed by atoms with Crippen LogP contribution in [-0.2, 0) is 27.7 Å². The van der Waals surface area contributed by atoms with Gasteiger partial charge in [0.05, 0.1) is 23.3 Å². The number of sulfonamides is 1. The van der Waals surface area contributed by atoms with Gasteiger partial charge in [0.1, 0.15) is 17.7 Å². The average Bonchev–Trinajstić information content (AvgIpc) is 3.66. The molecule has 34 heavy (non-hydrogen) atoms. The van der Waals surface area contributed by atoms with Crippen molar-refractivity contribution in [1.29, 1.82) is 0 Å². The average molecular weight is 494 g/mol. The molecule has 2 aliphatic rings. The molecule has 2 atom stereocenters. The highest BCUT2D eigenvalue weighted by Gasteiger charge is 2.43. The fourth-order valence-corrected chi connectivity index (χ4v) is 6.35. The SMILES string of the molecule is NC(=O)[C@H](Cc1ccc(F)cc1)Nc1cncc(F)c1CC[C@H]1CNCCN1S(=O)(=O)C1CC1. The van der Waals surface area contributed by atoms with Crippen molar-refractivity contribution in [3.05, 3.63) is 59.4 Å². The third-order valence-corrected chi connectivity index (χ3v) is 8.78. The predicted octanol–water partition coefficient (Wildman–Crippen LogP) is 1.57. The van der Waals surface area contributed by atoms with Gasteiger partial charge in [-0.3, -0.25) is 9.78 Å². The highest BCUT2D eigenvalue weighted by atomic mass is 32.2. The molecule has 4 rings (SSSR count). The van der Waals surface area contributed by atoms with Gasteiger partial charge in [-0.25, -0.2) is 17.2 Å². The number of anilines is 1. The lowest BCUT2D eigenvalue weighted by molar-refractivity contribution is -0.118. The van der Waals surface area contributed by atoms with E-state index in [2.05, 4.69) is 15.6 Å². The predicted molar refractivity (Wildman–Crippen MR) is 125 cm³/mol. The third-order valence-electron chi connectivity index (χ3n) is 6.33. The van der Waals surface area contributed by atoms with E-state index in [1.165, 1.54) is 18.3 Å². The fourth-order valence-electron chi connectivity index (χ4n) is 4.30. The summed E-state index contributed by atoms with van der Waals surface area (Å²) in [5.41, 5.74) is 6.90. The molecule has 1 saturated heterocycles. The van der Waals surface area contributed by atoms with Crippen LogP contribution in [0.5, 0.6) is 0 Å². The van der Waals surface area contributed by atoms with E-state index >= 15 is 0 Å². The normalized spacial score (nSPS) is 20.1. The molecule has 1 aromatic heterocycles. The van der Waals surface area contributed by atoms with Crippen LogP contribution in [0.3, 0.4) is 0 Å². The molecule has 0 radical (unpaired) electrons. The number of hydrogen-bond acceptors (Lipinski definition) is 6. The molecule has 0 spiro atoms. The van der Waals surface area contributed by atoms with Gasteiger partial charge < -0.3 is 16.4 Å². The molecule has 1 aliphatic carbocycles. The molecule has 1 aliphatic heterocycles. The Bertz CT molecular complexity index is 1130. The summed E-state index contributed by atoms with van der Waals surface area (Å²) in [6.07, 6.45) is 4.75. The Morgan fingerprint density at radius 2 is 1.97 bits per heavy atom. The number of aromatic nitrogens is 1.